The van der Waals surface area contributed by atoms with Crippen molar-refractivity contribution in [3.05, 3.63) is 28.9 Å². The fourth-order valence-corrected chi connectivity index (χ4v) is 1.54. The smallest absolute Gasteiger partial charge is 0.116 e. The molecule has 2 radical (unpaired) electrons. The Bertz CT molecular complexity index is 510. The molecule has 0 saturated heterocycles. The number of nitrogens with one attached hydrogen (secondary N) is 1. The van der Waals surface area contributed by atoms with Crippen LogP contribution in [0, 0.1) is 11.3 Å². The predicted molar refractivity (Wildman–Crippen MR) is 53.4 cm³/mol. The van der Waals surface area contributed by atoms with Crippen molar-refractivity contribution >= 4 is 35.8 Å². The first-order valence-electron chi connectivity index (χ1n) is 3.68. The van der Waals surface area contributed by atoms with E-state index in [9.17, 15) is 0 Å². The Kier molecular flexibility index (Phi) is 1.79. The summed E-state index contributed by atoms with van der Waals surface area (Å²) in [7, 11) is 5.70. The van der Waals surface area contributed by atoms with Crippen molar-refractivity contribution in [2.45, 2.75) is 0 Å². The summed E-state index contributed by atoms with van der Waals surface area (Å²) >= 11 is 5.81. The van der Waals surface area contributed by atoms with Gasteiger partial charge in [-0.15, -0.1) is 0 Å². The lowest BCUT2D eigenvalue weighted by Crippen LogP contribution is -2.03. The molecule has 1 heterocycles. The molecule has 1 aromatic carbocycles. The SMILES string of the molecule is [B]c1cc(Cl)cc2c(C#N)c[nH]c12. The normalized spacial score (nSPS) is 10.2. The van der Waals surface area contributed by atoms with Gasteiger partial charge in [-0.05, 0) is 12.1 Å². The van der Waals surface area contributed by atoms with E-state index >= 15 is 0 Å². The van der Waals surface area contributed by atoms with Gasteiger partial charge in [0.1, 0.15) is 13.9 Å². The number of nitrogens with zero attached hydrogens (tertiary/aromatic N) is 1. The minimum atomic E-state index is 0.543. The molecule has 2 rings (SSSR count). The summed E-state index contributed by atoms with van der Waals surface area (Å²) in [6, 6.07) is 5.44. The van der Waals surface area contributed by atoms with Crippen LogP contribution in [-0.2, 0) is 0 Å². The molecule has 1 aromatic heterocycles. The second-order valence-electron chi connectivity index (χ2n) is 2.73. The standard InChI is InChI=1S/C9H4BClN2/c10-8-2-6(11)1-7-5(3-12)4-13-9(7)8/h1-2,4,13H. The zero-order valence-electron chi connectivity index (χ0n) is 6.63. The zero-order chi connectivity index (χ0) is 9.42. The molecule has 0 aliphatic heterocycles. The summed E-state index contributed by atoms with van der Waals surface area (Å²) in [6.07, 6.45) is 1.62. The summed E-state index contributed by atoms with van der Waals surface area (Å²) in [5.74, 6) is 0. The quantitative estimate of drug-likeness (QED) is 0.622. The van der Waals surface area contributed by atoms with Gasteiger partial charge in [-0.1, -0.05) is 17.1 Å². The molecule has 0 saturated carbocycles. The fraction of sp³-hybridized carbons (Fsp3) is 0. The van der Waals surface area contributed by atoms with Crippen molar-refractivity contribution in [3.63, 3.8) is 0 Å². The molecule has 0 amide bonds. The third kappa shape index (κ3) is 1.20. The highest BCUT2D eigenvalue weighted by atomic mass is 35.5. The lowest BCUT2D eigenvalue weighted by molar-refractivity contribution is 1.45. The average molecular weight is 186 g/mol. The Hall–Kier alpha value is -1.40. The molecule has 0 fully saturated rings. The van der Waals surface area contributed by atoms with Gasteiger partial charge < -0.3 is 4.98 Å². The molecule has 2 nitrogen and oxygen atoms in total. The van der Waals surface area contributed by atoms with E-state index in [2.05, 4.69) is 11.1 Å². The van der Waals surface area contributed by atoms with Crippen LogP contribution in [0.3, 0.4) is 0 Å². The van der Waals surface area contributed by atoms with Crippen LogP contribution in [0.4, 0.5) is 0 Å². The molecule has 0 bridgehead atoms. The van der Waals surface area contributed by atoms with Crippen LogP contribution in [0.25, 0.3) is 10.9 Å². The molecule has 0 aliphatic carbocycles. The van der Waals surface area contributed by atoms with Crippen molar-refractivity contribution in [1.82, 2.24) is 4.98 Å². The zero-order valence-corrected chi connectivity index (χ0v) is 7.39. The second-order valence-corrected chi connectivity index (χ2v) is 3.17. The van der Waals surface area contributed by atoms with Gasteiger partial charge in [-0.25, -0.2) is 0 Å². The van der Waals surface area contributed by atoms with Crippen LogP contribution in [0.1, 0.15) is 5.56 Å². The van der Waals surface area contributed by atoms with Crippen molar-refractivity contribution in [3.8, 4) is 6.07 Å². The number of hydrogen-bond donors (Lipinski definition) is 1. The Morgan fingerprint density at radius 1 is 1.46 bits per heavy atom. The number of nitriles is 1. The summed E-state index contributed by atoms with van der Waals surface area (Å²) in [5.41, 5.74) is 1.88. The number of aromatic amines is 1. The molecular formula is C9H4BClN2. The van der Waals surface area contributed by atoms with Crippen molar-refractivity contribution in [1.29, 1.82) is 5.26 Å². The number of benzene rings is 1. The maximum atomic E-state index is 8.75. The van der Waals surface area contributed by atoms with E-state index in [-0.39, 0.29) is 0 Å². The molecule has 13 heavy (non-hydrogen) atoms. The van der Waals surface area contributed by atoms with Crippen molar-refractivity contribution in [2.24, 2.45) is 0 Å². The number of H-pyrrole nitrogens is 1. The van der Waals surface area contributed by atoms with Crippen LogP contribution in [0.5, 0.6) is 0 Å². The van der Waals surface area contributed by atoms with Crippen LogP contribution in [-0.4, -0.2) is 12.8 Å². The highest BCUT2D eigenvalue weighted by molar-refractivity contribution is 6.41. The van der Waals surface area contributed by atoms with Gasteiger partial charge >= 0.3 is 0 Å². The third-order valence-electron chi connectivity index (χ3n) is 1.91. The molecule has 1 N–H and O–H groups in total. The first-order valence-corrected chi connectivity index (χ1v) is 4.06. The molecular weight excluding hydrogens is 182 g/mol. The Labute approximate surface area is 81.5 Å². The van der Waals surface area contributed by atoms with Gasteiger partial charge in [-0.3, -0.25) is 0 Å². The molecule has 0 aliphatic rings. The minimum Gasteiger partial charge on any atom is -0.360 e. The molecule has 60 valence electrons. The first kappa shape index (κ1) is 8.21. The number of fused-ring (bicyclic) bond motifs is 1. The minimum absolute atomic E-state index is 0.543. The predicted octanol–water partition coefficient (Wildman–Crippen LogP) is 1.49. The lowest BCUT2D eigenvalue weighted by Gasteiger charge is -1.97. The van der Waals surface area contributed by atoms with E-state index < -0.39 is 0 Å². The molecule has 2 aromatic rings. The third-order valence-corrected chi connectivity index (χ3v) is 2.12. The van der Waals surface area contributed by atoms with Gasteiger partial charge in [0.15, 0.2) is 0 Å². The van der Waals surface area contributed by atoms with Gasteiger partial charge in [-0.2, -0.15) is 5.26 Å². The van der Waals surface area contributed by atoms with E-state index in [4.69, 9.17) is 24.7 Å². The topological polar surface area (TPSA) is 39.6 Å². The molecule has 4 heteroatoms. The van der Waals surface area contributed by atoms with Crippen LogP contribution < -0.4 is 5.46 Å². The number of rotatable bonds is 0. The van der Waals surface area contributed by atoms with Gasteiger partial charge in [0.25, 0.3) is 0 Å². The largest absolute Gasteiger partial charge is 0.360 e. The van der Waals surface area contributed by atoms with E-state index in [1.807, 2.05) is 0 Å². The van der Waals surface area contributed by atoms with Crippen LogP contribution >= 0.6 is 11.6 Å². The number of halogens is 1. The summed E-state index contributed by atoms with van der Waals surface area (Å²) in [5, 5.41) is 10.1. The monoisotopic (exact) mass is 186 g/mol. The average Bonchev–Trinajstić information content (AvgIpc) is 2.47. The van der Waals surface area contributed by atoms with Crippen LogP contribution in [0.15, 0.2) is 18.3 Å². The lowest BCUT2D eigenvalue weighted by atomic mass is 9.93. The second kappa shape index (κ2) is 2.83. The Balaban J connectivity index is 2.92. The fourth-order valence-electron chi connectivity index (χ4n) is 1.32. The van der Waals surface area contributed by atoms with Crippen LogP contribution in [0.2, 0.25) is 5.02 Å². The maximum absolute atomic E-state index is 8.75. The van der Waals surface area contributed by atoms with E-state index in [0.29, 0.717) is 16.0 Å². The van der Waals surface area contributed by atoms with Gasteiger partial charge in [0.05, 0.1) is 5.56 Å². The Morgan fingerprint density at radius 3 is 2.92 bits per heavy atom. The Morgan fingerprint density at radius 2 is 2.23 bits per heavy atom. The van der Waals surface area contributed by atoms with Gasteiger partial charge in [0, 0.05) is 22.1 Å². The number of aromatic nitrogens is 1. The number of hydrogen-bond acceptors (Lipinski definition) is 1. The van der Waals surface area contributed by atoms with E-state index in [1.165, 1.54) is 0 Å². The summed E-state index contributed by atoms with van der Waals surface area (Å²) in [6.45, 7) is 0. The molecule has 0 unspecified atom stereocenters. The first-order chi connectivity index (χ1) is 6.22. The highest BCUT2D eigenvalue weighted by Crippen LogP contribution is 2.19. The molecule has 0 atom stereocenters. The summed E-state index contributed by atoms with van der Waals surface area (Å²) in [4.78, 5) is 2.93. The maximum Gasteiger partial charge on any atom is 0.116 e. The van der Waals surface area contributed by atoms with E-state index in [0.717, 1.165) is 10.9 Å². The highest BCUT2D eigenvalue weighted by Gasteiger charge is 2.05. The summed E-state index contributed by atoms with van der Waals surface area (Å²) < 4.78 is 0. The molecule has 0 spiro atoms. The van der Waals surface area contributed by atoms with Crippen molar-refractivity contribution < 1.29 is 0 Å². The van der Waals surface area contributed by atoms with Crippen molar-refractivity contribution in [2.75, 3.05) is 0 Å². The van der Waals surface area contributed by atoms with E-state index in [1.54, 1.807) is 18.3 Å². The van der Waals surface area contributed by atoms with Gasteiger partial charge in [0.2, 0.25) is 0 Å².